The molecule has 2 aromatic rings. The van der Waals surface area contributed by atoms with Crippen LogP contribution in [0.15, 0.2) is 60.7 Å². The van der Waals surface area contributed by atoms with Gasteiger partial charge in [0.05, 0.1) is 13.2 Å². The summed E-state index contributed by atoms with van der Waals surface area (Å²) in [5, 5.41) is 9.46. The Kier molecular flexibility index (Phi) is 8.12. The van der Waals surface area contributed by atoms with E-state index in [1.54, 1.807) is 0 Å². The van der Waals surface area contributed by atoms with E-state index >= 15 is 0 Å². The maximum atomic E-state index is 12.5. The third-order valence-electron chi connectivity index (χ3n) is 3.73. The van der Waals surface area contributed by atoms with Gasteiger partial charge in [0.25, 0.3) is 0 Å². The van der Waals surface area contributed by atoms with Crippen LogP contribution in [0.3, 0.4) is 0 Å². The summed E-state index contributed by atoms with van der Waals surface area (Å²) < 4.78 is 5.69. The van der Waals surface area contributed by atoms with Crippen LogP contribution in [0, 0.1) is 0 Å². The molecule has 0 radical (unpaired) electrons. The minimum Gasteiger partial charge on any atom is -0.451 e. The van der Waals surface area contributed by atoms with Gasteiger partial charge in [-0.3, -0.25) is 4.79 Å². The molecule has 5 nitrogen and oxygen atoms in total. The fourth-order valence-electron chi connectivity index (χ4n) is 2.32. The standard InChI is InChI=1S/C20H25NO4/c1-2-3-14-24-21-18(15-22)20(23)25-19(16-10-6-4-7-11-16)17-12-8-5-9-13-17/h4-13,18-19,21-22H,2-3,14-15H2,1H3/t18-/m0/s1. The van der Waals surface area contributed by atoms with Crippen molar-refractivity contribution >= 4 is 5.97 Å². The monoisotopic (exact) mass is 343 g/mol. The lowest BCUT2D eigenvalue weighted by Gasteiger charge is -2.22. The van der Waals surface area contributed by atoms with Gasteiger partial charge >= 0.3 is 5.97 Å². The SMILES string of the molecule is CCCCON[C@@H](CO)C(=O)OC(c1ccccc1)c1ccccc1. The van der Waals surface area contributed by atoms with Crippen LogP contribution in [-0.4, -0.2) is 30.3 Å². The molecular formula is C20H25NO4. The number of benzene rings is 2. The van der Waals surface area contributed by atoms with Crippen LogP contribution in [0.1, 0.15) is 37.0 Å². The fraction of sp³-hybridized carbons (Fsp3) is 0.350. The molecule has 0 fully saturated rings. The molecule has 0 saturated carbocycles. The van der Waals surface area contributed by atoms with Crippen molar-refractivity contribution in [2.75, 3.05) is 13.2 Å². The van der Waals surface area contributed by atoms with Crippen molar-refractivity contribution in [3.63, 3.8) is 0 Å². The number of carbonyl (C=O) groups is 1. The van der Waals surface area contributed by atoms with Gasteiger partial charge in [0, 0.05) is 0 Å². The molecule has 2 rings (SSSR count). The number of aliphatic hydroxyl groups excluding tert-OH is 1. The molecule has 0 aromatic heterocycles. The molecule has 0 aliphatic rings. The van der Waals surface area contributed by atoms with E-state index in [1.165, 1.54) is 0 Å². The molecule has 0 saturated heterocycles. The third kappa shape index (κ3) is 5.98. The Bertz CT molecular complexity index is 579. The first-order valence-corrected chi connectivity index (χ1v) is 8.54. The summed E-state index contributed by atoms with van der Waals surface area (Å²) >= 11 is 0. The highest BCUT2D eigenvalue weighted by Gasteiger charge is 2.25. The molecule has 5 heteroatoms. The van der Waals surface area contributed by atoms with E-state index in [-0.39, 0.29) is 0 Å². The zero-order valence-electron chi connectivity index (χ0n) is 14.4. The molecule has 2 aromatic carbocycles. The summed E-state index contributed by atoms with van der Waals surface area (Å²) in [4.78, 5) is 17.7. The molecular weight excluding hydrogens is 318 g/mol. The Morgan fingerprint density at radius 2 is 1.60 bits per heavy atom. The van der Waals surface area contributed by atoms with Gasteiger partial charge in [-0.1, -0.05) is 74.0 Å². The summed E-state index contributed by atoms with van der Waals surface area (Å²) in [6, 6.07) is 18.1. The number of hydrogen-bond acceptors (Lipinski definition) is 5. The van der Waals surface area contributed by atoms with Gasteiger partial charge in [-0.2, -0.15) is 5.48 Å². The van der Waals surface area contributed by atoms with Gasteiger partial charge in [-0.25, -0.2) is 0 Å². The fourth-order valence-corrected chi connectivity index (χ4v) is 2.32. The topological polar surface area (TPSA) is 67.8 Å². The molecule has 0 unspecified atom stereocenters. The van der Waals surface area contributed by atoms with Crippen LogP contribution < -0.4 is 5.48 Å². The quantitative estimate of drug-likeness (QED) is 0.394. The first kappa shape index (κ1) is 19.1. The zero-order valence-corrected chi connectivity index (χ0v) is 14.4. The molecule has 134 valence electrons. The van der Waals surface area contributed by atoms with Crippen molar-refractivity contribution in [1.82, 2.24) is 5.48 Å². The predicted octanol–water partition coefficient (Wildman–Crippen LogP) is 3.00. The van der Waals surface area contributed by atoms with Gasteiger partial charge < -0.3 is 14.7 Å². The number of hydrogen-bond donors (Lipinski definition) is 2. The largest absolute Gasteiger partial charge is 0.451 e. The highest BCUT2D eigenvalue weighted by atomic mass is 16.7. The number of unbranched alkanes of at least 4 members (excludes halogenated alkanes) is 1. The van der Waals surface area contributed by atoms with E-state index in [0.29, 0.717) is 6.61 Å². The molecule has 0 aliphatic heterocycles. The number of carbonyl (C=O) groups excluding carboxylic acids is 1. The van der Waals surface area contributed by atoms with Crippen molar-refractivity contribution < 1.29 is 19.5 Å². The Labute approximate surface area is 148 Å². The van der Waals surface area contributed by atoms with Crippen molar-refractivity contribution in [2.24, 2.45) is 0 Å². The number of aliphatic hydroxyl groups is 1. The van der Waals surface area contributed by atoms with E-state index in [2.05, 4.69) is 5.48 Å². The van der Waals surface area contributed by atoms with E-state index in [1.807, 2.05) is 67.6 Å². The normalized spacial score (nSPS) is 12.1. The molecule has 0 spiro atoms. The molecule has 25 heavy (non-hydrogen) atoms. The van der Waals surface area contributed by atoms with E-state index < -0.39 is 24.7 Å². The van der Waals surface area contributed by atoms with E-state index in [4.69, 9.17) is 9.57 Å². The molecule has 2 N–H and O–H groups in total. The smallest absolute Gasteiger partial charge is 0.328 e. The van der Waals surface area contributed by atoms with Crippen molar-refractivity contribution in [1.29, 1.82) is 0 Å². The molecule has 0 heterocycles. The Hall–Kier alpha value is -2.21. The molecule has 0 amide bonds. The van der Waals surface area contributed by atoms with Crippen molar-refractivity contribution in [2.45, 2.75) is 31.9 Å². The maximum absolute atomic E-state index is 12.5. The number of rotatable bonds is 10. The van der Waals surface area contributed by atoms with Crippen LogP contribution in [0.25, 0.3) is 0 Å². The molecule has 1 atom stereocenters. The minimum atomic E-state index is -0.924. The van der Waals surface area contributed by atoms with Crippen LogP contribution in [0.5, 0.6) is 0 Å². The van der Waals surface area contributed by atoms with Crippen LogP contribution in [0.2, 0.25) is 0 Å². The second-order valence-electron chi connectivity index (χ2n) is 5.69. The summed E-state index contributed by atoms with van der Waals surface area (Å²) in [6.07, 6.45) is 1.32. The highest BCUT2D eigenvalue weighted by molar-refractivity contribution is 5.76. The molecule has 0 bridgehead atoms. The van der Waals surface area contributed by atoms with Crippen LogP contribution in [0.4, 0.5) is 0 Å². The van der Waals surface area contributed by atoms with Crippen LogP contribution in [-0.2, 0) is 14.4 Å². The van der Waals surface area contributed by atoms with Gasteiger partial charge in [0.15, 0.2) is 12.1 Å². The summed E-state index contributed by atoms with van der Waals surface area (Å²) in [6.45, 7) is 2.12. The van der Waals surface area contributed by atoms with Gasteiger partial charge in [-0.05, 0) is 17.5 Å². The summed E-state index contributed by atoms with van der Waals surface area (Å²) in [5.41, 5.74) is 4.32. The average Bonchev–Trinajstić information content (AvgIpc) is 2.67. The predicted molar refractivity (Wildman–Crippen MR) is 95.7 cm³/mol. The first-order chi connectivity index (χ1) is 12.3. The Morgan fingerprint density at radius 1 is 1.04 bits per heavy atom. The Morgan fingerprint density at radius 3 is 2.08 bits per heavy atom. The van der Waals surface area contributed by atoms with Crippen molar-refractivity contribution in [3.05, 3.63) is 71.8 Å². The van der Waals surface area contributed by atoms with E-state index in [0.717, 1.165) is 24.0 Å². The summed E-state index contributed by atoms with van der Waals surface area (Å²) in [5.74, 6) is -0.559. The molecule has 0 aliphatic carbocycles. The number of hydroxylamine groups is 1. The average molecular weight is 343 g/mol. The van der Waals surface area contributed by atoms with Gasteiger partial charge in [0.1, 0.15) is 0 Å². The minimum absolute atomic E-state index is 0.402. The second-order valence-corrected chi connectivity index (χ2v) is 5.69. The van der Waals surface area contributed by atoms with Crippen LogP contribution >= 0.6 is 0 Å². The zero-order chi connectivity index (χ0) is 17.9. The van der Waals surface area contributed by atoms with Crippen molar-refractivity contribution in [3.8, 4) is 0 Å². The summed E-state index contributed by atoms with van der Waals surface area (Å²) in [7, 11) is 0. The number of esters is 1. The lowest BCUT2D eigenvalue weighted by molar-refractivity contribution is -0.156. The lowest BCUT2D eigenvalue weighted by atomic mass is 10.0. The Balaban J connectivity index is 2.09. The number of nitrogens with one attached hydrogen (secondary N) is 1. The van der Waals surface area contributed by atoms with Gasteiger partial charge in [0.2, 0.25) is 0 Å². The lowest BCUT2D eigenvalue weighted by Crippen LogP contribution is -2.41. The second kappa shape index (κ2) is 10.6. The third-order valence-corrected chi connectivity index (χ3v) is 3.73. The maximum Gasteiger partial charge on any atom is 0.328 e. The first-order valence-electron chi connectivity index (χ1n) is 8.54. The highest BCUT2D eigenvalue weighted by Crippen LogP contribution is 2.26. The van der Waals surface area contributed by atoms with Gasteiger partial charge in [-0.15, -0.1) is 0 Å². The number of ether oxygens (including phenoxy) is 1. The van der Waals surface area contributed by atoms with E-state index in [9.17, 15) is 9.90 Å².